The van der Waals surface area contributed by atoms with Gasteiger partial charge in [0.2, 0.25) is 6.29 Å². The fourth-order valence-corrected chi connectivity index (χ4v) is 3.93. The van der Waals surface area contributed by atoms with Gasteiger partial charge in [0.15, 0.2) is 6.10 Å². The van der Waals surface area contributed by atoms with Gasteiger partial charge in [-0.2, -0.15) is 0 Å². The topological polar surface area (TPSA) is 146 Å². The van der Waals surface area contributed by atoms with E-state index < -0.39 is 36.7 Å². The van der Waals surface area contributed by atoms with Gasteiger partial charge in [-0.15, -0.1) is 0 Å². The number of piperidine rings is 1. The highest BCUT2D eigenvalue weighted by atomic mass is 16.7. The van der Waals surface area contributed by atoms with Crippen molar-refractivity contribution in [3.05, 3.63) is 29.8 Å². The van der Waals surface area contributed by atoms with Crippen molar-refractivity contribution in [3.63, 3.8) is 0 Å². The van der Waals surface area contributed by atoms with E-state index in [1.54, 1.807) is 29.2 Å². The molecule has 5 atom stereocenters. The quantitative estimate of drug-likeness (QED) is 0.495. The second kappa shape index (κ2) is 10.5. The Morgan fingerprint density at radius 2 is 1.69 bits per heavy atom. The van der Waals surface area contributed by atoms with E-state index in [1.165, 1.54) is 0 Å². The number of rotatable bonds is 6. The molecule has 1 aromatic carbocycles. The minimum atomic E-state index is -1.78. The predicted octanol–water partition coefficient (Wildman–Crippen LogP) is 0.962. The summed E-state index contributed by atoms with van der Waals surface area (Å²) in [6, 6.07) is 6.40. The molecule has 2 heterocycles. The van der Waals surface area contributed by atoms with E-state index in [4.69, 9.17) is 19.3 Å². The second-order valence-corrected chi connectivity index (χ2v) is 8.62. The van der Waals surface area contributed by atoms with Crippen LogP contribution in [0.2, 0.25) is 0 Å². The first kappa shape index (κ1) is 24.2. The Kier molecular flexibility index (Phi) is 7.94. The van der Waals surface area contributed by atoms with Gasteiger partial charge in [0.25, 0.3) is 0 Å². The molecule has 0 aliphatic carbocycles. The zero-order valence-corrected chi connectivity index (χ0v) is 18.2. The van der Waals surface area contributed by atoms with E-state index in [1.807, 2.05) is 0 Å². The van der Waals surface area contributed by atoms with Gasteiger partial charge in [-0.25, -0.2) is 9.59 Å². The normalized spacial score (nSPS) is 29.1. The first-order valence-electron chi connectivity index (χ1n) is 10.8. The van der Waals surface area contributed by atoms with E-state index in [-0.39, 0.29) is 18.4 Å². The molecule has 1 amide bonds. The third-order valence-corrected chi connectivity index (χ3v) is 6.09. The largest absolute Gasteiger partial charge is 0.479 e. The van der Waals surface area contributed by atoms with Gasteiger partial charge in [0, 0.05) is 13.1 Å². The van der Waals surface area contributed by atoms with Gasteiger partial charge in [-0.05, 0) is 42.4 Å². The molecule has 10 heteroatoms. The molecule has 1 unspecified atom stereocenters. The first-order chi connectivity index (χ1) is 15.2. The molecule has 0 bridgehead atoms. The lowest BCUT2D eigenvalue weighted by Gasteiger charge is -2.38. The Morgan fingerprint density at radius 3 is 2.25 bits per heavy atom. The van der Waals surface area contributed by atoms with Crippen LogP contribution in [0.15, 0.2) is 24.3 Å². The molecule has 3 rings (SSSR count). The molecular formula is C22H31NO9. The number of hydrogen-bond donors (Lipinski definition) is 4. The predicted molar refractivity (Wildman–Crippen MR) is 111 cm³/mol. The number of nitrogens with zero attached hydrogens (tertiary/aromatic N) is 1. The number of carbonyl (C=O) groups excluding carboxylic acids is 1. The molecule has 10 nitrogen and oxygen atoms in total. The maximum Gasteiger partial charge on any atom is 0.410 e. The minimum absolute atomic E-state index is 0.0811. The van der Waals surface area contributed by atoms with Crippen molar-refractivity contribution in [2.24, 2.45) is 11.8 Å². The van der Waals surface area contributed by atoms with Crippen molar-refractivity contribution < 1.29 is 44.2 Å². The van der Waals surface area contributed by atoms with Gasteiger partial charge in [0.1, 0.15) is 30.7 Å². The van der Waals surface area contributed by atoms with Crippen LogP contribution in [-0.2, 0) is 20.9 Å². The van der Waals surface area contributed by atoms with Gasteiger partial charge in [-0.1, -0.05) is 26.0 Å². The highest BCUT2D eigenvalue weighted by molar-refractivity contribution is 5.73. The SMILES string of the molecule is CC(C)C1CCN(C(=O)OCc2ccc(OC3O[C@H](C(=O)O)[C@@H](O)[C@H](O)[C@H]3O)cc2)CC1. The maximum absolute atomic E-state index is 12.3. The second-order valence-electron chi connectivity index (χ2n) is 8.62. The van der Waals surface area contributed by atoms with Crippen LogP contribution in [0.4, 0.5) is 4.79 Å². The Balaban J connectivity index is 1.50. The molecule has 4 N–H and O–H groups in total. The number of hydrogen-bond acceptors (Lipinski definition) is 8. The van der Waals surface area contributed by atoms with Crippen LogP contribution in [0.3, 0.4) is 0 Å². The van der Waals surface area contributed by atoms with Crippen LogP contribution in [0, 0.1) is 11.8 Å². The Labute approximate surface area is 186 Å². The number of aliphatic carboxylic acids is 1. The van der Waals surface area contributed by atoms with Gasteiger partial charge < -0.3 is 39.5 Å². The molecule has 178 valence electrons. The van der Waals surface area contributed by atoms with Crippen molar-refractivity contribution in [1.82, 2.24) is 4.90 Å². The highest BCUT2D eigenvalue weighted by Gasteiger charge is 2.48. The number of benzene rings is 1. The smallest absolute Gasteiger partial charge is 0.410 e. The van der Waals surface area contributed by atoms with E-state index in [0.717, 1.165) is 12.8 Å². The van der Waals surface area contributed by atoms with Crippen LogP contribution >= 0.6 is 0 Å². The van der Waals surface area contributed by atoms with Crippen LogP contribution in [-0.4, -0.2) is 81.2 Å². The fraction of sp³-hybridized carbons (Fsp3) is 0.636. The first-order valence-corrected chi connectivity index (χ1v) is 10.8. The number of carboxylic acids is 1. The van der Waals surface area contributed by atoms with Crippen molar-refractivity contribution in [2.45, 2.75) is 64.0 Å². The van der Waals surface area contributed by atoms with Gasteiger partial charge in [0.05, 0.1) is 0 Å². The molecular weight excluding hydrogens is 422 g/mol. The van der Waals surface area contributed by atoms with Crippen LogP contribution in [0.25, 0.3) is 0 Å². The van der Waals surface area contributed by atoms with Crippen molar-refractivity contribution in [3.8, 4) is 5.75 Å². The molecule has 0 saturated carbocycles. The highest BCUT2D eigenvalue weighted by Crippen LogP contribution is 2.26. The fourth-order valence-electron chi connectivity index (χ4n) is 3.93. The average molecular weight is 453 g/mol. The van der Waals surface area contributed by atoms with Crippen LogP contribution < -0.4 is 4.74 Å². The number of aliphatic hydroxyl groups excluding tert-OH is 3. The van der Waals surface area contributed by atoms with Gasteiger partial charge in [-0.3, -0.25) is 0 Å². The number of carbonyl (C=O) groups is 2. The molecule has 32 heavy (non-hydrogen) atoms. The number of likely N-dealkylation sites (tertiary alicyclic amines) is 1. The molecule has 0 spiro atoms. The standard InChI is InChI=1S/C22H31NO9/c1-12(2)14-7-9-23(10-8-14)22(29)30-11-13-3-5-15(6-4-13)31-21-18(26)16(24)17(25)19(32-21)20(27)28/h3-6,12,14,16-19,21,24-26H,7-11H2,1-2H3,(H,27,28)/t16-,17-,18+,19-,21?/m0/s1. The number of amides is 1. The molecule has 2 saturated heterocycles. The molecule has 2 aliphatic rings. The molecule has 2 aliphatic heterocycles. The Hall–Kier alpha value is -2.40. The third-order valence-electron chi connectivity index (χ3n) is 6.09. The van der Waals surface area contributed by atoms with Crippen LogP contribution in [0.5, 0.6) is 5.75 Å². The van der Waals surface area contributed by atoms with E-state index in [0.29, 0.717) is 30.5 Å². The summed E-state index contributed by atoms with van der Waals surface area (Å²) in [6.07, 6.45) is -6.77. The lowest BCUT2D eigenvalue weighted by atomic mass is 9.87. The Morgan fingerprint density at radius 1 is 1.06 bits per heavy atom. The number of ether oxygens (including phenoxy) is 3. The maximum atomic E-state index is 12.3. The summed E-state index contributed by atoms with van der Waals surface area (Å²) in [7, 11) is 0. The van der Waals surface area contributed by atoms with Crippen molar-refractivity contribution in [1.29, 1.82) is 0 Å². The minimum Gasteiger partial charge on any atom is -0.479 e. The summed E-state index contributed by atoms with van der Waals surface area (Å²) in [5, 5.41) is 38.7. The van der Waals surface area contributed by atoms with Gasteiger partial charge >= 0.3 is 12.1 Å². The zero-order chi connectivity index (χ0) is 23.4. The summed E-state index contributed by atoms with van der Waals surface area (Å²) in [4.78, 5) is 25.2. The van der Waals surface area contributed by atoms with Crippen LogP contribution in [0.1, 0.15) is 32.3 Å². The molecule has 0 radical (unpaired) electrons. The zero-order valence-electron chi connectivity index (χ0n) is 18.2. The molecule has 2 fully saturated rings. The monoisotopic (exact) mass is 453 g/mol. The molecule has 0 aromatic heterocycles. The lowest BCUT2D eigenvalue weighted by Crippen LogP contribution is -2.61. The summed E-state index contributed by atoms with van der Waals surface area (Å²) < 4.78 is 15.9. The number of aliphatic hydroxyl groups is 3. The summed E-state index contributed by atoms with van der Waals surface area (Å²) in [5.74, 6) is 0.000963. The lowest BCUT2D eigenvalue weighted by molar-refractivity contribution is -0.271. The Bertz CT molecular complexity index is 776. The summed E-state index contributed by atoms with van der Waals surface area (Å²) in [6.45, 7) is 5.86. The van der Waals surface area contributed by atoms with Crippen molar-refractivity contribution in [2.75, 3.05) is 13.1 Å². The van der Waals surface area contributed by atoms with E-state index in [9.17, 15) is 24.9 Å². The number of carboxylic acid groups (broad SMARTS) is 1. The van der Waals surface area contributed by atoms with E-state index >= 15 is 0 Å². The van der Waals surface area contributed by atoms with E-state index in [2.05, 4.69) is 13.8 Å². The molecule has 1 aromatic rings. The van der Waals surface area contributed by atoms with Crippen molar-refractivity contribution >= 4 is 12.1 Å². The summed E-state index contributed by atoms with van der Waals surface area (Å²) in [5.41, 5.74) is 0.715. The summed E-state index contributed by atoms with van der Waals surface area (Å²) >= 11 is 0. The third kappa shape index (κ3) is 5.69. The average Bonchev–Trinajstić information content (AvgIpc) is 2.78.